The van der Waals surface area contributed by atoms with Crippen LogP contribution >= 0.6 is 0 Å². The minimum atomic E-state index is -1.09. The molecule has 4 rings (SSSR count). The molecule has 0 saturated heterocycles. The summed E-state index contributed by atoms with van der Waals surface area (Å²) in [5.74, 6) is -1.16. The molecule has 7 heteroatoms. The van der Waals surface area contributed by atoms with Gasteiger partial charge in [-0.1, -0.05) is 12.1 Å². The Hall–Kier alpha value is -3.35. The lowest BCUT2D eigenvalue weighted by Crippen LogP contribution is -2.12. The van der Waals surface area contributed by atoms with E-state index < -0.39 is 23.8 Å². The number of hydrogen-bond donors (Lipinski definition) is 0. The molecule has 1 aliphatic rings. The molecule has 1 atom stereocenters. The van der Waals surface area contributed by atoms with Gasteiger partial charge in [-0.2, -0.15) is 0 Å². The Bertz CT molecular complexity index is 1130. The van der Waals surface area contributed by atoms with Crippen LogP contribution in [0.2, 0.25) is 0 Å². The highest BCUT2D eigenvalue weighted by atomic mass is 19.1. The summed E-state index contributed by atoms with van der Waals surface area (Å²) in [5, 5.41) is 0. The maximum absolute atomic E-state index is 14.6. The number of aliphatic imine (C=N–C) groups is 1. The van der Waals surface area contributed by atoms with Crippen LogP contribution in [0.4, 0.5) is 8.78 Å². The van der Waals surface area contributed by atoms with E-state index >= 15 is 0 Å². The van der Waals surface area contributed by atoms with Crippen LogP contribution < -0.4 is 0 Å². The van der Waals surface area contributed by atoms with Gasteiger partial charge in [-0.25, -0.2) is 18.8 Å². The maximum atomic E-state index is 14.6. The average molecular weight is 381 g/mol. The van der Waals surface area contributed by atoms with Crippen LogP contribution in [0.3, 0.4) is 0 Å². The molecular formula is C21H17F2N3O2. The van der Waals surface area contributed by atoms with Gasteiger partial charge in [-0.15, -0.1) is 0 Å². The lowest BCUT2D eigenvalue weighted by Gasteiger charge is -2.14. The van der Waals surface area contributed by atoms with Gasteiger partial charge in [0, 0.05) is 23.7 Å². The molecule has 0 bridgehead atoms. The summed E-state index contributed by atoms with van der Waals surface area (Å²) in [7, 11) is 0. The quantitative estimate of drug-likeness (QED) is 0.626. The average Bonchev–Trinajstić information content (AvgIpc) is 2.87. The third kappa shape index (κ3) is 2.89. The van der Waals surface area contributed by atoms with Gasteiger partial charge in [0.05, 0.1) is 17.1 Å². The van der Waals surface area contributed by atoms with Gasteiger partial charge in [-0.05, 0) is 44.2 Å². The normalized spacial score (nSPS) is 15.3. The molecule has 0 radical (unpaired) electrons. The van der Waals surface area contributed by atoms with Crippen LogP contribution in [0.15, 0.2) is 47.5 Å². The number of aromatic nitrogens is 2. The number of ether oxygens (including phenoxy) is 1. The Morgan fingerprint density at radius 3 is 2.57 bits per heavy atom. The Balaban J connectivity index is 2.08. The molecule has 142 valence electrons. The Kier molecular flexibility index (Phi) is 4.30. The predicted molar refractivity (Wildman–Crippen MR) is 99.5 cm³/mol. The van der Waals surface area contributed by atoms with Crippen molar-refractivity contribution in [2.24, 2.45) is 4.99 Å². The van der Waals surface area contributed by atoms with E-state index in [-0.39, 0.29) is 11.3 Å². The summed E-state index contributed by atoms with van der Waals surface area (Å²) in [6, 6.07) is 10.3. The van der Waals surface area contributed by atoms with Crippen molar-refractivity contribution < 1.29 is 18.3 Å². The summed E-state index contributed by atoms with van der Waals surface area (Å²) in [6.45, 7) is 4.95. The molecule has 1 aliphatic heterocycles. The van der Waals surface area contributed by atoms with Crippen molar-refractivity contribution in [3.05, 3.63) is 82.4 Å². The van der Waals surface area contributed by atoms with Gasteiger partial charge in [-0.3, -0.25) is 9.36 Å². The number of halogens is 2. The summed E-state index contributed by atoms with van der Waals surface area (Å²) < 4.78 is 35.9. The topological polar surface area (TPSA) is 56.5 Å². The fourth-order valence-electron chi connectivity index (χ4n) is 3.35. The monoisotopic (exact) mass is 381 g/mol. The Labute approximate surface area is 160 Å². The van der Waals surface area contributed by atoms with E-state index in [4.69, 9.17) is 4.74 Å². The van der Waals surface area contributed by atoms with E-state index in [1.807, 2.05) is 13.8 Å². The number of aryl methyl sites for hydroxylation is 1. The van der Waals surface area contributed by atoms with Crippen molar-refractivity contribution in [3.8, 4) is 5.69 Å². The summed E-state index contributed by atoms with van der Waals surface area (Å²) in [6.07, 6.45) is -1.09. The largest absolute Gasteiger partial charge is 0.432 e. The lowest BCUT2D eigenvalue weighted by atomic mass is 9.99. The van der Waals surface area contributed by atoms with E-state index in [1.54, 1.807) is 28.8 Å². The number of imidazole rings is 1. The highest BCUT2D eigenvalue weighted by Crippen LogP contribution is 2.34. The van der Waals surface area contributed by atoms with Crippen LogP contribution in [0.5, 0.6) is 0 Å². The van der Waals surface area contributed by atoms with Crippen LogP contribution in [0, 0.1) is 25.5 Å². The van der Waals surface area contributed by atoms with E-state index in [0.29, 0.717) is 17.1 Å². The lowest BCUT2D eigenvalue weighted by molar-refractivity contribution is -0.146. The second kappa shape index (κ2) is 6.67. The van der Waals surface area contributed by atoms with Crippen molar-refractivity contribution in [1.82, 2.24) is 9.55 Å². The maximum Gasteiger partial charge on any atom is 0.304 e. The van der Waals surface area contributed by atoms with Crippen LogP contribution in [-0.2, 0) is 9.53 Å². The Morgan fingerprint density at radius 1 is 1.11 bits per heavy atom. The zero-order valence-corrected chi connectivity index (χ0v) is 15.5. The molecule has 1 aromatic heterocycles. The summed E-state index contributed by atoms with van der Waals surface area (Å²) in [5.41, 5.74) is 2.89. The van der Waals surface area contributed by atoms with Gasteiger partial charge in [0.1, 0.15) is 11.6 Å². The minimum absolute atomic E-state index is 0.187. The first-order valence-corrected chi connectivity index (χ1v) is 8.73. The summed E-state index contributed by atoms with van der Waals surface area (Å²) >= 11 is 0. The number of rotatable bonds is 2. The third-order valence-electron chi connectivity index (χ3n) is 4.70. The van der Waals surface area contributed by atoms with Crippen molar-refractivity contribution in [1.29, 1.82) is 0 Å². The molecule has 0 aliphatic carbocycles. The molecule has 5 nitrogen and oxygen atoms in total. The number of esters is 1. The van der Waals surface area contributed by atoms with Crippen molar-refractivity contribution in [2.75, 3.05) is 0 Å². The first-order valence-electron chi connectivity index (χ1n) is 8.73. The fraction of sp³-hybridized carbons (Fsp3) is 0.190. The third-order valence-corrected chi connectivity index (χ3v) is 4.70. The molecule has 2 aromatic carbocycles. The van der Waals surface area contributed by atoms with Gasteiger partial charge >= 0.3 is 5.97 Å². The summed E-state index contributed by atoms with van der Waals surface area (Å²) in [4.78, 5) is 20.7. The zero-order valence-electron chi connectivity index (χ0n) is 15.5. The molecule has 0 spiro atoms. The van der Waals surface area contributed by atoms with Gasteiger partial charge in [0.25, 0.3) is 6.23 Å². The number of nitrogens with zero attached hydrogens (tertiary/aromatic N) is 3. The SMILES string of the molecule is CC(=O)OC1N=C(c2ccccc2F)c2cc(F)ccc2-n2c1nc(C)c2C. The smallest absolute Gasteiger partial charge is 0.304 e. The fourth-order valence-corrected chi connectivity index (χ4v) is 3.35. The molecule has 0 saturated carbocycles. The second-order valence-electron chi connectivity index (χ2n) is 6.56. The van der Waals surface area contributed by atoms with Crippen molar-refractivity contribution in [2.45, 2.75) is 27.0 Å². The van der Waals surface area contributed by atoms with Crippen LogP contribution in [0.25, 0.3) is 5.69 Å². The van der Waals surface area contributed by atoms with Gasteiger partial charge in [0.2, 0.25) is 0 Å². The number of fused-ring (bicyclic) bond motifs is 3. The number of carbonyl (C=O) groups excluding carboxylic acids is 1. The molecule has 28 heavy (non-hydrogen) atoms. The van der Waals surface area contributed by atoms with E-state index in [0.717, 1.165) is 11.4 Å². The molecule has 1 unspecified atom stereocenters. The van der Waals surface area contributed by atoms with Gasteiger partial charge in [0.15, 0.2) is 5.82 Å². The number of carbonyl (C=O) groups is 1. The number of benzene rings is 2. The van der Waals surface area contributed by atoms with Crippen molar-refractivity contribution >= 4 is 11.7 Å². The molecule has 0 amide bonds. The standard InChI is InChI=1S/C21H17F2N3O2/c1-11-12(2)26-18-9-8-14(22)10-16(18)19(15-6-4-5-7-17(15)23)25-21(20(26)24-11)28-13(3)27/h4-10,21H,1-3H3. The number of hydrogen-bond acceptors (Lipinski definition) is 4. The first kappa shape index (κ1) is 18.0. The molecule has 0 N–H and O–H groups in total. The Morgan fingerprint density at radius 2 is 1.86 bits per heavy atom. The highest BCUT2D eigenvalue weighted by Gasteiger charge is 2.31. The van der Waals surface area contributed by atoms with Gasteiger partial charge < -0.3 is 4.74 Å². The van der Waals surface area contributed by atoms with E-state index in [1.165, 1.54) is 25.1 Å². The highest BCUT2D eigenvalue weighted by molar-refractivity contribution is 6.15. The molecule has 2 heterocycles. The molecule has 3 aromatic rings. The zero-order chi connectivity index (χ0) is 20.0. The van der Waals surface area contributed by atoms with E-state index in [2.05, 4.69) is 9.98 Å². The van der Waals surface area contributed by atoms with Crippen LogP contribution in [0.1, 0.15) is 41.5 Å². The second-order valence-corrected chi connectivity index (χ2v) is 6.56. The molecular weight excluding hydrogens is 364 g/mol. The molecule has 0 fully saturated rings. The van der Waals surface area contributed by atoms with Crippen LogP contribution in [-0.4, -0.2) is 21.2 Å². The first-order chi connectivity index (χ1) is 13.4. The predicted octanol–water partition coefficient (Wildman–Crippen LogP) is 4.18. The van der Waals surface area contributed by atoms with Crippen molar-refractivity contribution in [3.63, 3.8) is 0 Å². The minimum Gasteiger partial charge on any atom is -0.432 e. The van der Waals surface area contributed by atoms with E-state index in [9.17, 15) is 13.6 Å².